The Kier molecular flexibility index (Phi) is 4.91. The van der Waals surface area contributed by atoms with E-state index < -0.39 is 23.1 Å². The Hall–Kier alpha value is -3.27. The minimum atomic E-state index is -1.12. The van der Waals surface area contributed by atoms with E-state index in [0.29, 0.717) is 16.8 Å². The molecule has 1 fully saturated rings. The summed E-state index contributed by atoms with van der Waals surface area (Å²) in [5, 5.41) is 24.3. The maximum absolute atomic E-state index is 13.0. The Labute approximate surface area is 154 Å². The van der Waals surface area contributed by atoms with Crippen molar-refractivity contribution in [1.29, 1.82) is 0 Å². The predicted octanol–water partition coefficient (Wildman–Crippen LogP) is 1.31. The van der Waals surface area contributed by atoms with Crippen LogP contribution >= 0.6 is 0 Å². The lowest BCUT2D eigenvalue weighted by Crippen LogP contribution is -2.51. The number of carbonyl (C=O) groups is 2. The highest BCUT2D eigenvalue weighted by atomic mass is 16.6. The number of nitro groups is 1. The number of hydrogen-bond acceptors (Lipinski definition) is 6. The number of nitrogens with zero attached hydrogens (tertiary/aromatic N) is 4. The van der Waals surface area contributed by atoms with E-state index >= 15 is 0 Å². The minimum Gasteiger partial charge on any atom is -0.479 e. The molecule has 1 aromatic carbocycles. The quantitative estimate of drug-likeness (QED) is 0.631. The van der Waals surface area contributed by atoms with Crippen LogP contribution in [0.4, 0.5) is 5.69 Å². The van der Waals surface area contributed by atoms with Gasteiger partial charge in [-0.3, -0.25) is 19.6 Å². The number of aryl methyl sites for hydroxylation is 1. The molecular formula is C17H18N4O6. The lowest BCUT2D eigenvalue weighted by molar-refractivity contribution is -0.384. The van der Waals surface area contributed by atoms with Crippen molar-refractivity contribution in [3.63, 3.8) is 0 Å². The predicted molar refractivity (Wildman–Crippen MR) is 93.2 cm³/mol. The van der Waals surface area contributed by atoms with Crippen LogP contribution in [0.1, 0.15) is 17.3 Å². The molecule has 142 valence electrons. The highest BCUT2D eigenvalue weighted by Crippen LogP contribution is 2.26. The van der Waals surface area contributed by atoms with E-state index in [1.165, 1.54) is 33.8 Å². The Bertz CT molecular complexity index is 891. The molecule has 2 atom stereocenters. The zero-order valence-corrected chi connectivity index (χ0v) is 14.7. The van der Waals surface area contributed by atoms with Crippen LogP contribution in [0.25, 0.3) is 11.3 Å². The number of aromatic nitrogens is 2. The average Bonchev–Trinajstić information content (AvgIpc) is 3.02. The summed E-state index contributed by atoms with van der Waals surface area (Å²) >= 11 is 0. The van der Waals surface area contributed by atoms with Crippen molar-refractivity contribution in [3.8, 4) is 11.3 Å². The highest BCUT2D eigenvalue weighted by Gasteiger charge is 2.34. The third-order valence-corrected chi connectivity index (χ3v) is 4.23. The summed E-state index contributed by atoms with van der Waals surface area (Å²) in [5.74, 6) is -1.49. The van der Waals surface area contributed by atoms with Gasteiger partial charge >= 0.3 is 5.97 Å². The first-order valence-electron chi connectivity index (χ1n) is 8.22. The second-order valence-electron chi connectivity index (χ2n) is 6.35. The number of hydrogen-bond donors (Lipinski definition) is 1. The first kappa shape index (κ1) is 18.5. The van der Waals surface area contributed by atoms with Crippen LogP contribution in [0.2, 0.25) is 0 Å². The summed E-state index contributed by atoms with van der Waals surface area (Å²) in [6.45, 7) is 1.90. The number of carboxylic acids is 1. The Balaban J connectivity index is 1.92. The van der Waals surface area contributed by atoms with Gasteiger partial charge in [0.1, 0.15) is 5.69 Å². The van der Waals surface area contributed by atoms with Gasteiger partial charge in [0.05, 0.1) is 23.1 Å². The molecule has 0 saturated carbocycles. The molecule has 0 radical (unpaired) electrons. The number of ether oxygens (including phenoxy) is 1. The van der Waals surface area contributed by atoms with Crippen LogP contribution < -0.4 is 0 Å². The second-order valence-corrected chi connectivity index (χ2v) is 6.35. The van der Waals surface area contributed by atoms with Crippen molar-refractivity contribution < 1.29 is 24.4 Å². The molecule has 10 nitrogen and oxygen atoms in total. The number of rotatable bonds is 4. The fourth-order valence-electron chi connectivity index (χ4n) is 3.02. The zero-order valence-electron chi connectivity index (χ0n) is 14.7. The molecule has 1 N–H and O–H groups in total. The van der Waals surface area contributed by atoms with E-state index in [9.17, 15) is 24.8 Å². The van der Waals surface area contributed by atoms with Gasteiger partial charge in [-0.1, -0.05) is 0 Å². The van der Waals surface area contributed by atoms with Gasteiger partial charge in [-0.05, 0) is 19.1 Å². The number of amides is 1. The topological polar surface area (TPSA) is 128 Å². The van der Waals surface area contributed by atoms with E-state index in [4.69, 9.17) is 4.74 Å². The molecule has 0 aliphatic carbocycles. The van der Waals surface area contributed by atoms with Crippen molar-refractivity contribution in [2.24, 2.45) is 7.05 Å². The maximum Gasteiger partial charge on any atom is 0.334 e. The standard InChI is InChI=1S/C17H18N4O6/c1-10-7-20(9-14(27-10)17(23)24)16(22)13-8-19(2)18-15(13)11-3-5-12(6-4-11)21(25)26/h3-6,8,10,14H,7,9H2,1-2H3,(H,23,24)/t10-,14?/m1/s1. The van der Waals surface area contributed by atoms with Crippen molar-refractivity contribution in [3.05, 3.63) is 46.1 Å². The second kappa shape index (κ2) is 7.16. The lowest BCUT2D eigenvalue weighted by atomic mass is 10.1. The smallest absolute Gasteiger partial charge is 0.334 e. The number of non-ortho nitro benzene ring substituents is 1. The van der Waals surface area contributed by atoms with Gasteiger partial charge in [0.25, 0.3) is 11.6 Å². The van der Waals surface area contributed by atoms with E-state index in [0.717, 1.165) is 0 Å². The number of carboxylic acid groups (broad SMARTS) is 1. The first-order valence-corrected chi connectivity index (χ1v) is 8.22. The van der Waals surface area contributed by atoms with Crippen LogP contribution in [0.15, 0.2) is 30.5 Å². The molecule has 0 spiro atoms. The molecule has 3 rings (SSSR count). The molecule has 0 bridgehead atoms. The van der Waals surface area contributed by atoms with Gasteiger partial charge in [0, 0.05) is 37.5 Å². The lowest BCUT2D eigenvalue weighted by Gasteiger charge is -2.34. The molecule has 10 heteroatoms. The van der Waals surface area contributed by atoms with Crippen molar-refractivity contribution in [1.82, 2.24) is 14.7 Å². The Morgan fingerprint density at radius 2 is 1.96 bits per heavy atom. The SMILES string of the molecule is C[C@@H]1CN(C(=O)c2cn(C)nc2-c2ccc([N+](=O)[O-])cc2)CC(C(=O)O)O1. The summed E-state index contributed by atoms with van der Waals surface area (Å²) in [5.41, 5.74) is 1.17. The largest absolute Gasteiger partial charge is 0.479 e. The first-order chi connectivity index (χ1) is 12.8. The molecule has 1 saturated heterocycles. The number of nitro benzene ring substituents is 1. The van der Waals surface area contributed by atoms with Gasteiger partial charge in [0.2, 0.25) is 0 Å². The fraction of sp³-hybridized carbons (Fsp3) is 0.353. The molecule has 27 heavy (non-hydrogen) atoms. The number of benzene rings is 1. The third-order valence-electron chi connectivity index (χ3n) is 4.23. The third kappa shape index (κ3) is 3.80. The van der Waals surface area contributed by atoms with Crippen LogP contribution in [0.3, 0.4) is 0 Å². The van der Waals surface area contributed by atoms with Crippen LogP contribution in [0.5, 0.6) is 0 Å². The summed E-state index contributed by atoms with van der Waals surface area (Å²) in [6.07, 6.45) is 0.0510. The molecular weight excluding hydrogens is 356 g/mol. The van der Waals surface area contributed by atoms with E-state index in [1.807, 2.05) is 0 Å². The average molecular weight is 374 g/mol. The number of carbonyl (C=O) groups excluding carboxylic acids is 1. The normalized spacial score (nSPS) is 19.7. The van der Waals surface area contributed by atoms with Gasteiger partial charge in [0.15, 0.2) is 6.10 Å². The minimum absolute atomic E-state index is 0.0612. The fourth-order valence-corrected chi connectivity index (χ4v) is 3.02. The maximum atomic E-state index is 13.0. The van der Waals surface area contributed by atoms with Gasteiger partial charge < -0.3 is 14.7 Å². The van der Waals surface area contributed by atoms with Crippen LogP contribution in [0, 0.1) is 10.1 Å². The van der Waals surface area contributed by atoms with Crippen LogP contribution in [-0.4, -0.2) is 61.9 Å². The molecule has 2 heterocycles. The molecule has 1 unspecified atom stereocenters. The summed E-state index contributed by atoms with van der Waals surface area (Å²) in [6, 6.07) is 5.74. The molecule has 2 aromatic rings. The molecule has 1 amide bonds. The number of morpholine rings is 1. The van der Waals surface area contributed by atoms with Crippen molar-refractivity contribution in [2.45, 2.75) is 19.1 Å². The molecule has 1 aliphatic rings. The summed E-state index contributed by atoms with van der Waals surface area (Å²) < 4.78 is 6.82. The molecule has 1 aromatic heterocycles. The molecule has 1 aliphatic heterocycles. The highest BCUT2D eigenvalue weighted by molar-refractivity contribution is 6.00. The van der Waals surface area contributed by atoms with Crippen LogP contribution in [-0.2, 0) is 16.6 Å². The monoisotopic (exact) mass is 374 g/mol. The number of aliphatic carboxylic acids is 1. The zero-order chi connectivity index (χ0) is 19.7. The van der Waals surface area contributed by atoms with Gasteiger partial charge in [-0.15, -0.1) is 0 Å². The Morgan fingerprint density at radius 3 is 2.56 bits per heavy atom. The van der Waals surface area contributed by atoms with E-state index in [1.54, 1.807) is 20.2 Å². The Morgan fingerprint density at radius 1 is 1.30 bits per heavy atom. The van der Waals surface area contributed by atoms with E-state index in [-0.39, 0.29) is 24.7 Å². The van der Waals surface area contributed by atoms with Gasteiger partial charge in [-0.25, -0.2) is 4.79 Å². The van der Waals surface area contributed by atoms with E-state index in [2.05, 4.69) is 5.10 Å². The van der Waals surface area contributed by atoms with Gasteiger partial charge in [-0.2, -0.15) is 5.10 Å². The summed E-state index contributed by atoms with van der Waals surface area (Å²) in [4.78, 5) is 36.0. The van der Waals surface area contributed by atoms with Crippen molar-refractivity contribution in [2.75, 3.05) is 13.1 Å². The summed E-state index contributed by atoms with van der Waals surface area (Å²) in [7, 11) is 1.66. The van der Waals surface area contributed by atoms with Crippen molar-refractivity contribution >= 4 is 17.6 Å².